The molecule has 6 rings (SSSR count). The molecule has 3 saturated heterocycles. The van der Waals surface area contributed by atoms with Crippen LogP contribution in [-0.4, -0.2) is 276 Å². The summed E-state index contributed by atoms with van der Waals surface area (Å²) < 4.78 is 48.0. The molecule has 3 N–H and O–H groups in total. The SMILES string of the molecule is CCCOC[C@H]1C(=O)N(C)[C@H](C(=O)N2CCCCC2)CC(=O)N(C)[C@@H](CC(C)C)C(=O)N[C@@H]([C@@H](C)CC)C(=O)N(C)CC(=O)N(C)CC(=O)N(C)[C@@H](CC2CCCCC2)C(=O)N(C)CC(=O)N[C@@H](CCC2CCC(C(F)(F)F)C(Cl)C2)C(=O)N2CCC[C@H]2C(=O)NC2(CCCC2)C(=O)N1C. The van der Waals surface area contributed by atoms with E-state index in [-0.39, 0.29) is 102 Å². The Labute approximate surface area is 595 Å². The van der Waals surface area contributed by atoms with Crippen LogP contribution in [-0.2, 0) is 62.3 Å². The number of carbonyl (C=O) groups is 12. The smallest absolute Gasteiger partial charge is 0.379 e. The highest BCUT2D eigenvalue weighted by Crippen LogP contribution is 2.44. The third-order valence-corrected chi connectivity index (χ3v) is 22.5. The highest BCUT2D eigenvalue weighted by Gasteiger charge is 2.51. The van der Waals surface area contributed by atoms with Crippen LogP contribution in [0.3, 0.4) is 0 Å². The fraction of sp³-hybridized carbons (Fsp3) is 0.831. The molecule has 0 aromatic rings. The van der Waals surface area contributed by atoms with Gasteiger partial charge < -0.3 is 64.8 Å². The molecule has 0 aromatic carbocycles. The first-order valence-corrected chi connectivity index (χ1v) is 37.2. The Kier molecular flexibility index (Phi) is 31.2. The lowest BCUT2D eigenvalue weighted by molar-refractivity contribution is -0.182. The summed E-state index contributed by atoms with van der Waals surface area (Å²) in [5, 5.41) is 7.52. The van der Waals surface area contributed by atoms with Crippen molar-refractivity contribution >= 4 is 82.5 Å². The Morgan fingerprint density at radius 3 is 1.84 bits per heavy atom. The van der Waals surface area contributed by atoms with Gasteiger partial charge in [-0.1, -0.05) is 86.0 Å². The van der Waals surface area contributed by atoms with Gasteiger partial charge in [0.05, 0.1) is 38.6 Å². The molecule has 3 aliphatic heterocycles. The van der Waals surface area contributed by atoms with E-state index in [1.54, 1.807) is 11.8 Å². The van der Waals surface area contributed by atoms with Crippen molar-refractivity contribution in [3.63, 3.8) is 0 Å². The van der Waals surface area contributed by atoms with Crippen molar-refractivity contribution in [3.05, 3.63) is 0 Å². The minimum Gasteiger partial charge on any atom is -0.379 e. The van der Waals surface area contributed by atoms with E-state index in [9.17, 15) is 46.7 Å². The van der Waals surface area contributed by atoms with Gasteiger partial charge in [0.25, 0.3) is 0 Å². The van der Waals surface area contributed by atoms with Crippen LogP contribution in [0.4, 0.5) is 13.2 Å². The number of fused-ring (bicyclic) bond motifs is 1. The number of ether oxygens (including phenoxy) is 1. The number of nitrogens with zero attached hydrogens (tertiary/aromatic N) is 9. The average Bonchev–Trinajstić information content (AvgIpc) is 1.58. The van der Waals surface area contributed by atoms with Gasteiger partial charge in [-0.25, -0.2) is 0 Å². The van der Waals surface area contributed by atoms with E-state index in [0.717, 1.165) is 58.1 Å². The maximum Gasteiger partial charge on any atom is 0.393 e. The van der Waals surface area contributed by atoms with Gasteiger partial charge in [0.2, 0.25) is 70.9 Å². The molecule has 0 radical (unpaired) electrons. The number of carbonyl (C=O) groups excluding carboxylic acids is 12. The number of nitrogens with one attached hydrogen (secondary N) is 3. The molecule has 0 aromatic heterocycles. The predicted octanol–water partition coefficient (Wildman–Crippen LogP) is 5.33. The van der Waals surface area contributed by atoms with Crippen LogP contribution >= 0.6 is 11.6 Å². The number of amides is 12. The summed E-state index contributed by atoms with van der Waals surface area (Å²) in [6, 6.07) is -8.91. The molecule has 0 bridgehead atoms. The van der Waals surface area contributed by atoms with Crippen molar-refractivity contribution in [1.82, 2.24) is 60.0 Å². The number of halogens is 4. The Hall–Kier alpha value is -6.32. The Morgan fingerprint density at radius 2 is 1.23 bits per heavy atom. The molecule has 3 saturated carbocycles. The standard InChI is InChI=1S/C71H116ClF3N12O13/c1-13-36-100-44-56-66(96)84(11)55(67(97)86-33-21-16-22-34-86)40-58(89)82(9)53(37-45(3)4)62(92)77-61(46(5)14-2)68(98)81(8)42-59(90)79(6)43-60(91)83(10)54(39-47-24-17-15-18-25-47)65(95)80(7)41-57(88)76-51(30-28-48-27-29-49(50(72)38-48)71(73,74)75)64(94)87-35-23-26-52(87)63(93)78-70(31-19-20-32-70)69(99)85(56)12/h45-56,61H,13-44H2,1-12H3,(H,76,88)(H,77,92)(H,78,93)/t46-,48?,49?,50?,51-,52-,53-,54-,55-,56-,61-/m0/s1. The lowest BCUT2D eigenvalue weighted by Crippen LogP contribution is -2.65. The maximum atomic E-state index is 15.5. The van der Waals surface area contributed by atoms with E-state index in [0.29, 0.717) is 58.0 Å². The number of likely N-dealkylation sites (N-methyl/N-ethyl adjacent to an activating group) is 7. The summed E-state index contributed by atoms with van der Waals surface area (Å²) in [4.78, 5) is 190. The van der Waals surface area contributed by atoms with Crippen molar-refractivity contribution in [2.75, 3.05) is 102 Å². The van der Waals surface area contributed by atoms with Gasteiger partial charge in [-0.05, 0) is 120 Å². The van der Waals surface area contributed by atoms with Gasteiger partial charge in [0.15, 0.2) is 0 Å². The van der Waals surface area contributed by atoms with E-state index in [1.807, 2.05) is 27.7 Å². The summed E-state index contributed by atoms with van der Waals surface area (Å²) in [6.45, 7) is 8.12. The zero-order valence-corrected chi connectivity index (χ0v) is 62.2. The monoisotopic (exact) mass is 1440 g/mol. The molecular formula is C71H116ClF3N12O13. The van der Waals surface area contributed by atoms with E-state index in [1.165, 1.54) is 68.9 Å². The summed E-state index contributed by atoms with van der Waals surface area (Å²) in [5.74, 6) is -10.6. The van der Waals surface area contributed by atoms with Crippen molar-refractivity contribution < 1.29 is 75.4 Å². The molecular weight excluding hydrogens is 1320 g/mol. The van der Waals surface area contributed by atoms with Crippen molar-refractivity contribution in [1.29, 1.82) is 0 Å². The number of likely N-dealkylation sites (tertiary alicyclic amines) is 1. The molecule has 3 heterocycles. The quantitative estimate of drug-likeness (QED) is 0.147. The van der Waals surface area contributed by atoms with Crippen LogP contribution in [0.5, 0.6) is 0 Å². The van der Waals surface area contributed by atoms with Crippen LogP contribution in [0.2, 0.25) is 0 Å². The number of alkyl halides is 4. The molecule has 566 valence electrons. The van der Waals surface area contributed by atoms with Gasteiger partial charge in [0, 0.05) is 81.0 Å². The third-order valence-electron chi connectivity index (χ3n) is 22.1. The maximum absolute atomic E-state index is 15.5. The lowest BCUT2D eigenvalue weighted by Gasteiger charge is -2.40. The number of rotatable bonds is 14. The molecule has 12 amide bonds. The highest BCUT2D eigenvalue weighted by atomic mass is 35.5. The zero-order valence-electron chi connectivity index (χ0n) is 61.5. The van der Waals surface area contributed by atoms with Gasteiger partial charge in [-0.3, -0.25) is 57.5 Å². The van der Waals surface area contributed by atoms with Crippen LogP contribution in [0, 0.1) is 29.6 Å². The van der Waals surface area contributed by atoms with Crippen molar-refractivity contribution in [2.45, 2.75) is 248 Å². The summed E-state index contributed by atoms with van der Waals surface area (Å²) in [7, 11) is 9.83. The summed E-state index contributed by atoms with van der Waals surface area (Å²) in [5.41, 5.74) is -1.61. The second kappa shape index (κ2) is 37.7. The minimum absolute atomic E-state index is 0.00682. The molecule has 25 nitrogen and oxygen atoms in total. The molecule has 29 heteroatoms. The molecule has 1 spiro atoms. The Bertz CT molecular complexity index is 2860. The van der Waals surface area contributed by atoms with Crippen LogP contribution in [0.1, 0.15) is 189 Å². The second-order valence-corrected chi connectivity index (χ2v) is 30.6. The summed E-state index contributed by atoms with van der Waals surface area (Å²) >= 11 is 6.40. The van der Waals surface area contributed by atoms with E-state index < -0.39 is 168 Å². The highest BCUT2D eigenvalue weighted by molar-refractivity contribution is 6.21. The fourth-order valence-electron chi connectivity index (χ4n) is 15.4. The first kappa shape index (κ1) is 82.6. The van der Waals surface area contributed by atoms with Crippen molar-refractivity contribution in [2.24, 2.45) is 29.6 Å². The lowest BCUT2D eigenvalue weighted by atomic mass is 9.78. The molecule has 100 heavy (non-hydrogen) atoms. The second-order valence-electron chi connectivity index (χ2n) is 30.0. The van der Waals surface area contributed by atoms with Crippen molar-refractivity contribution in [3.8, 4) is 0 Å². The minimum atomic E-state index is -4.51. The topological polar surface area (TPSA) is 279 Å². The largest absolute Gasteiger partial charge is 0.393 e. The molecule has 11 atom stereocenters. The average molecular weight is 1440 g/mol. The zero-order chi connectivity index (χ0) is 74.1. The van der Waals surface area contributed by atoms with Gasteiger partial charge >= 0.3 is 6.18 Å². The van der Waals surface area contributed by atoms with Gasteiger partial charge in [0.1, 0.15) is 47.8 Å². The molecule has 3 aliphatic carbocycles. The number of hydrogen-bond donors (Lipinski definition) is 3. The number of piperidine rings is 1. The fourth-order valence-corrected chi connectivity index (χ4v) is 15.9. The molecule has 3 unspecified atom stereocenters. The Balaban J connectivity index is 1.41. The Morgan fingerprint density at radius 1 is 0.610 bits per heavy atom. The van der Waals surface area contributed by atoms with Gasteiger partial charge in [-0.2, -0.15) is 13.2 Å². The first-order valence-electron chi connectivity index (χ1n) is 36.7. The van der Waals surface area contributed by atoms with E-state index in [2.05, 4.69) is 16.0 Å². The molecule has 6 aliphatic rings. The number of hydrogen-bond acceptors (Lipinski definition) is 13. The first-order chi connectivity index (χ1) is 47.2. The van der Waals surface area contributed by atoms with E-state index in [4.69, 9.17) is 16.3 Å². The molecule has 6 fully saturated rings. The third kappa shape index (κ3) is 21.6. The van der Waals surface area contributed by atoms with Crippen LogP contribution in [0.25, 0.3) is 0 Å². The summed E-state index contributed by atoms with van der Waals surface area (Å²) in [6.07, 6.45) is 4.52. The van der Waals surface area contributed by atoms with Crippen LogP contribution in [0.15, 0.2) is 0 Å². The predicted molar refractivity (Wildman–Crippen MR) is 369 cm³/mol. The van der Waals surface area contributed by atoms with Crippen LogP contribution < -0.4 is 16.0 Å². The van der Waals surface area contributed by atoms with Gasteiger partial charge in [-0.15, -0.1) is 11.6 Å². The van der Waals surface area contributed by atoms with E-state index >= 15 is 24.0 Å². The normalized spacial score (nSPS) is 29.0.